The molecule has 2 bridgehead atoms. The van der Waals surface area contributed by atoms with Gasteiger partial charge in [0, 0.05) is 18.9 Å². The molecule has 4 nitrogen and oxygen atoms in total. The summed E-state index contributed by atoms with van der Waals surface area (Å²) in [7, 11) is 0. The maximum absolute atomic E-state index is 12.4. The molecular weight excluding hydrogens is 238 g/mol. The molecule has 0 spiro atoms. The monoisotopic (exact) mass is 257 g/mol. The number of rotatable bonds is 2. The summed E-state index contributed by atoms with van der Waals surface area (Å²) in [6, 6.07) is 0. The summed E-state index contributed by atoms with van der Waals surface area (Å²) in [6.45, 7) is 0.988. The van der Waals surface area contributed by atoms with Gasteiger partial charge in [0.1, 0.15) is 11.6 Å². The number of imidazole rings is 1. The van der Waals surface area contributed by atoms with Crippen LogP contribution < -0.4 is 5.32 Å². The third-order valence-electron chi connectivity index (χ3n) is 4.84. The SMILES string of the molecule is O=C(Nc1cnc2n1CCCC2)[C@@H]1C[C@@H]2C=C[C@H]1C2. The number of allylic oxidation sites excluding steroid dienone is 2. The first-order chi connectivity index (χ1) is 9.31. The molecule has 1 fully saturated rings. The maximum atomic E-state index is 12.4. The van der Waals surface area contributed by atoms with Crippen LogP contribution in [-0.4, -0.2) is 15.5 Å². The van der Waals surface area contributed by atoms with Crippen LogP contribution in [0.3, 0.4) is 0 Å². The van der Waals surface area contributed by atoms with Crippen molar-refractivity contribution in [3.05, 3.63) is 24.2 Å². The van der Waals surface area contributed by atoms with E-state index in [9.17, 15) is 4.79 Å². The molecule has 1 aromatic rings. The van der Waals surface area contributed by atoms with Gasteiger partial charge in [0.25, 0.3) is 0 Å². The highest BCUT2D eigenvalue weighted by Crippen LogP contribution is 2.43. The highest BCUT2D eigenvalue weighted by atomic mass is 16.2. The number of carbonyl (C=O) groups is 1. The Morgan fingerprint density at radius 2 is 2.26 bits per heavy atom. The molecule has 1 aromatic heterocycles. The summed E-state index contributed by atoms with van der Waals surface area (Å²) in [5.41, 5.74) is 0. The van der Waals surface area contributed by atoms with Gasteiger partial charge in [-0.1, -0.05) is 12.2 Å². The van der Waals surface area contributed by atoms with Crippen LogP contribution in [0, 0.1) is 17.8 Å². The molecule has 2 aliphatic carbocycles. The van der Waals surface area contributed by atoms with Crippen molar-refractivity contribution in [2.75, 3.05) is 5.32 Å². The smallest absolute Gasteiger partial charge is 0.229 e. The predicted octanol–water partition coefficient (Wildman–Crippen LogP) is 2.37. The number of hydrogen-bond acceptors (Lipinski definition) is 2. The molecular formula is C15H19N3O. The van der Waals surface area contributed by atoms with Gasteiger partial charge in [0.2, 0.25) is 5.91 Å². The van der Waals surface area contributed by atoms with Gasteiger partial charge in [-0.05, 0) is 37.5 Å². The zero-order chi connectivity index (χ0) is 12.8. The molecule has 100 valence electrons. The van der Waals surface area contributed by atoms with E-state index in [1.165, 1.54) is 19.3 Å². The third kappa shape index (κ3) is 1.81. The normalized spacial score (nSPS) is 31.5. The summed E-state index contributed by atoms with van der Waals surface area (Å²) in [6.07, 6.45) is 11.9. The molecule has 3 aliphatic rings. The molecule has 0 aromatic carbocycles. The zero-order valence-electron chi connectivity index (χ0n) is 11.0. The van der Waals surface area contributed by atoms with Crippen LogP contribution in [-0.2, 0) is 17.8 Å². The molecule has 19 heavy (non-hydrogen) atoms. The van der Waals surface area contributed by atoms with Gasteiger partial charge < -0.3 is 9.88 Å². The minimum Gasteiger partial charge on any atom is -0.315 e. The Morgan fingerprint density at radius 1 is 1.32 bits per heavy atom. The van der Waals surface area contributed by atoms with Gasteiger partial charge in [-0.15, -0.1) is 0 Å². The Balaban J connectivity index is 1.51. The number of aryl methyl sites for hydroxylation is 1. The van der Waals surface area contributed by atoms with Gasteiger partial charge >= 0.3 is 0 Å². The maximum Gasteiger partial charge on any atom is 0.229 e. The Kier molecular flexibility index (Phi) is 2.50. The minimum absolute atomic E-state index is 0.171. The largest absolute Gasteiger partial charge is 0.315 e. The first-order valence-corrected chi connectivity index (χ1v) is 7.35. The summed E-state index contributed by atoms with van der Waals surface area (Å²) >= 11 is 0. The summed E-state index contributed by atoms with van der Waals surface area (Å²) in [5, 5.41) is 3.10. The number of amides is 1. The topological polar surface area (TPSA) is 46.9 Å². The highest BCUT2D eigenvalue weighted by molar-refractivity contribution is 5.92. The molecule has 0 saturated heterocycles. The van der Waals surface area contributed by atoms with Crippen molar-refractivity contribution >= 4 is 11.7 Å². The van der Waals surface area contributed by atoms with Gasteiger partial charge in [-0.25, -0.2) is 4.98 Å². The van der Waals surface area contributed by atoms with Gasteiger partial charge in [0.15, 0.2) is 0 Å². The summed E-state index contributed by atoms with van der Waals surface area (Å²) < 4.78 is 2.17. The van der Waals surface area contributed by atoms with E-state index in [-0.39, 0.29) is 11.8 Å². The van der Waals surface area contributed by atoms with E-state index in [4.69, 9.17) is 0 Å². The van der Waals surface area contributed by atoms with Crippen LogP contribution in [0.1, 0.15) is 31.5 Å². The number of aromatic nitrogens is 2. The fourth-order valence-electron chi connectivity index (χ4n) is 3.82. The fraction of sp³-hybridized carbons (Fsp3) is 0.600. The summed E-state index contributed by atoms with van der Waals surface area (Å²) in [5.74, 6) is 3.48. The highest BCUT2D eigenvalue weighted by Gasteiger charge is 2.40. The zero-order valence-corrected chi connectivity index (χ0v) is 11.0. The molecule has 0 radical (unpaired) electrons. The quantitative estimate of drug-likeness (QED) is 0.827. The first-order valence-electron chi connectivity index (χ1n) is 7.35. The van der Waals surface area contributed by atoms with E-state index in [0.29, 0.717) is 11.8 Å². The Bertz CT molecular complexity index is 546. The Morgan fingerprint density at radius 3 is 3.05 bits per heavy atom. The molecule has 4 rings (SSSR count). The van der Waals surface area contributed by atoms with Crippen LogP contribution in [0.4, 0.5) is 5.82 Å². The van der Waals surface area contributed by atoms with Crippen LogP contribution in [0.25, 0.3) is 0 Å². The number of fused-ring (bicyclic) bond motifs is 3. The fourth-order valence-corrected chi connectivity index (χ4v) is 3.82. The molecule has 1 N–H and O–H groups in total. The number of carbonyl (C=O) groups excluding carboxylic acids is 1. The Labute approximate surface area is 112 Å². The first kappa shape index (κ1) is 11.3. The number of nitrogens with zero attached hydrogens (tertiary/aromatic N) is 2. The van der Waals surface area contributed by atoms with Crippen LogP contribution in [0.5, 0.6) is 0 Å². The van der Waals surface area contributed by atoms with Crippen molar-refractivity contribution in [1.29, 1.82) is 0 Å². The van der Waals surface area contributed by atoms with E-state index in [1.807, 2.05) is 6.20 Å². The minimum atomic E-state index is 0.171. The Hall–Kier alpha value is -1.58. The molecule has 1 aliphatic heterocycles. The van der Waals surface area contributed by atoms with Crippen LogP contribution in [0.2, 0.25) is 0 Å². The molecule has 2 heterocycles. The number of hydrogen-bond donors (Lipinski definition) is 1. The second-order valence-electron chi connectivity index (χ2n) is 6.04. The lowest BCUT2D eigenvalue weighted by atomic mass is 9.93. The molecule has 4 heteroatoms. The van der Waals surface area contributed by atoms with Crippen molar-refractivity contribution < 1.29 is 4.79 Å². The average molecular weight is 257 g/mol. The van der Waals surface area contributed by atoms with Gasteiger partial charge in [0.05, 0.1) is 6.20 Å². The third-order valence-corrected chi connectivity index (χ3v) is 4.84. The van der Waals surface area contributed by atoms with E-state index < -0.39 is 0 Å². The van der Waals surface area contributed by atoms with Crippen molar-refractivity contribution in [2.24, 2.45) is 17.8 Å². The number of nitrogens with one attached hydrogen (secondary N) is 1. The van der Waals surface area contributed by atoms with E-state index in [1.54, 1.807) is 0 Å². The molecule has 1 saturated carbocycles. The second-order valence-corrected chi connectivity index (χ2v) is 6.04. The lowest BCUT2D eigenvalue weighted by molar-refractivity contribution is -0.120. The second kappa shape index (κ2) is 4.22. The van der Waals surface area contributed by atoms with Gasteiger partial charge in [-0.2, -0.15) is 0 Å². The number of anilines is 1. The van der Waals surface area contributed by atoms with Crippen LogP contribution >= 0.6 is 0 Å². The summed E-state index contributed by atoms with van der Waals surface area (Å²) in [4.78, 5) is 16.8. The van der Waals surface area contributed by atoms with Crippen molar-refractivity contribution in [2.45, 2.75) is 38.6 Å². The van der Waals surface area contributed by atoms with E-state index in [0.717, 1.165) is 31.0 Å². The standard InChI is InChI=1S/C15H19N3O/c19-15(12-8-10-4-5-11(12)7-10)17-14-9-16-13-3-1-2-6-18(13)14/h4-5,9-12H,1-3,6-8H2,(H,17,19)/t10-,11+,12-/m1/s1. The van der Waals surface area contributed by atoms with E-state index >= 15 is 0 Å². The van der Waals surface area contributed by atoms with Crippen molar-refractivity contribution in [3.63, 3.8) is 0 Å². The molecule has 3 atom stereocenters. The van der Waals surface area contributed by atoms with Crippen molar-refractivity contribution in [3.8, 4) is 0 Å². The lowest BCUT2D eigenvalue weighted by Crippen LogP contribution is -2.27. The molecule has 1 amide bonds. The van der Waals surface area contributed by atoms with E-state index in [2.05, 4.69) is 27.0 Å². The lowest BCUT2D eigenvalue weighted by Gasteiger charge is -2.20. The average Bonchev–Trinajstić information content (AvgIpc) is 3.14. The predicted molar refractivity (Wildman–Crippen MR) is 72.6 cm³/mol. The van der Waals surface area contributed by atoms with Crippen molar-refractivity contribution in [1.82, 2.24) is 9.55 Å². The van der Waals surface area contributed by atoms with Gasteiger partial charge in [-0.3, -0.25) is 4.79 Å². The van der Waals surface area contributed by atoms with Crippen LogP contribution in [0.15, 0.2) is 18.3 Å². The molecule has 0 unspecified atom stereocenters.